The maximum absolute atomic E-state index is 12.5. The van der Waals surface area contributed by atoms with Crippen LogP contribution >= 0.6 is 0 Å². The minimum atomic E-state index is -0.337. The number of amides is 1. The van der Waals surface area contributed by atoms with Crippen molar-refractivity contribution >= 4 is 22.8 Å². The Hall–Kier alpha value is -4.13. The van der Waals surface area contributed by atoms with Crippen LogP contribution in [0.5, 0.6) is 5.75 Å². The molecule has 0 unspecified atom stereocenters. The number of carbonyl (C=O) groups is 2. The van der Waals surface area contributed by atoms with Crippen LogP contribution in [0.15, 0.2) is 79.1 Å². The number of carbonyl (C=O) groups excluding carboxylic acids is 2. The zero-order valence-electron chi connectivity index (χ0n) is 22.2. The van der Waals surface area contributed by atoms with Gasteiger partial charge in [0.25, 0.3) is 5.91 Å². The second-order valence-electron chi connectivity index (χ2n) is 9.45. The molecule has 0 aliphatic rings. The van der Waals surface area contributed by atoms with E-state index in [1.165, 1.54) is 7.11 Å². The van der Waals surface area contributed by atoms with E-state index in [-0.39, 0.29) is 11.9 Å². The molecular weight excluding hydrogens is 478 g/mol. The summed E-state index contributed by atoms with van der Waals surface area (Å²) in [6.07, 6.45) is 8.77. The summed E-state index contributed by atoms with van der Waals surface area (Å²) in [7, 11) is 3.32. The molecule has 4 rings (SSSR count). The third kappa shape index (κ3) is 7.22. The first-order valence-electron chi connectivity index (χ1n) is 13.2. The molecule has 4 aromatic rings. The van der Waals surface area contributed by atoms with E-state index < -0.39 is 0 Å². The Bertz CT molecular complexity index is 1360. The Kier molecular flexibility index (Phi) is 9.51. The number of aromatic nitrogens is 2. The van der Waals surface area contributed by atoms with E-state index in [0.29, 0.717) is 24.4 Å². The van der Waals surface area contributed by atoms with Gasteiger partial charge in [-0.05, 0) is 48.7 Å². The van der Waals surface area contributed by atoms with Crippen LogP contribution in [0, 0.1) is 0 Å². The lowest BCUT2D eigenvalue weighted by atomic mass is 10.1. The Morgan fingerprint density at radius 3 is 2.50 bits per heavy atom. The highest BCUT2D eigenvalue weighted by Gasteiger charge is 2.16. The van der Waals surface area contributed by atoms with E-state index >= 15 is 0 Å². The van der Waals surface area contributed by atoms with Crippen molar-refractivity contribution in [1.29, 1.82) is 0 Å². The van der Waals surface area contributed by atoms with Crippen LogP contribution in [0.1, 0.15) is 58.5 Å². The van der Waals surface area contributed by atoms with Crippen LogP contribution in [0.3, 0.4) is 0 Å². The molecule has 7 nitrogen and oxygen atoms in total. The molecule has 2 aromatic heterocycles. The Morgan fingerprint density at radius 1 is 0.921 bits per heavy atom. The van der Waals surface area contributed by atoms with Crippen molar-refractivity contribution in [2.45, 2.75) is 45.3 Å². The topological polar surface area (TPSA) is 73.4 Å². The predicted octanol–water partition coefficient (Wildman–Crippen LogP) is 5.21. The summed E-state index contributed by atoms with van der Waals surface area (Å²) >= 11 is 0. The van der Waals surface area contributed by atoms with Crippen molar-refractivity contribution in [1.82, 2.24) is 9.88 Å². The quantitative estimate of drug-likeness (QED) is 0.151. The van der Waals surface area contributed by atoms with Gasteiger partial charge >= 0.3 is 5.97 Å². The summed E-state index contributed by atoms with van der Waals surface area (Å²) < 4.78 is 14.9. The summed E-state index contributed by atoms with van der Waals surface area (Å²) in [6.45, 7) is 1.90. The fourth-order valence-corrected chi connectivity index (χ4v) is 4.55. The van der Waals surface area contributed by atoms with E-state index in [2.05, 4.69) is 5.32 Å². The average Bonchev–Trinajstić information content (AvgIpc) is 3.31. The standard InChI is InChI=1S/C31H35N3O4/c1-33-18-11-14-25(22-33)30(35)32-17-9-4-3-5-10-19-34-28-16-15-27(38-23-24-12-7-6-8-13-24)20-26(28)21-29(34)31(36)37-2/h6-8,11-16,18,20-22H,3-5,9-10,17,19,23H2,1-2H3/p+1. The summed E-state index contributed by atoms with van der Waals surface area (Å²) in [4.78, 5) is 24.7. The second kappa shape index (κ2) is 13.4. The molecule has 0 bridgehead atoms. The number of unbranched alkanes of at least 4 members (excludes halogenated alkanes) is 4. The number of hydrogen-bond acceptors (Lipinski definition) is 4. The van der Waals surface area contributed by atoms with Gasteiger partial charge in [0.2, 0.25) is 0 Å². The minimum Gasteiger partial charge on any atom is -0.489 e. The Labute approximate surface area is 224 Å². The maximum Gasteiger partial charge on any atom is 0.354 e. The second-order valence-corrected chi connectivity index (χ2v) is 9.45. The molecule has 0 atom stereocenters. The fourth-order valence-electron chi connectivity index (χ4n) is 4.55. The molecule has 0 aliphatic heterocycles. The van der Waals surface area contributed by atoms with Crippen LogP contribution in [-0.2, 0) is 24.9 Å². The number of ether oxygens (including phenoxy) is 2. The van der Waals surface area contributed by atoms with Crippen LogP contribution in [-0.4, -0.2) is 30.1 Å². The first-order valence-corrected chi connectivity index (χ1v) is 13.2. The summed E-state index contributed by atoms with van der Waals surface area (Å²) in [6, 6.07) is 21.5. The van der Waals surface area contributed by atoms with Crippen molar-refractivity contribution in [2.24, 2.45) is 7.05 Å². The van der Waals surface area contributed by atoms with E-state index in [4.69, 9.17) is 9.47 Å². The number of benzene rings is 2. The van der Waals surface area contributed by atoms with Gasteiger partial charge in [0.15, 0.2) is 12.4 Å². The first-order chi connectivity index (χ1) is 18.5. The number of rotatable bonds is 13. The number of hydrogen-bond donors (Lipinski definition) is 1. The first kappa shape index (κ1) is 26.9. The molecule has 0 radical (unpaired) electrons. The van der Waals surface area contributed by atoms with Crippen molar-refractivity contribution in [3.05, 3.63) is 95.9 Å². The van der Waals surface area contributed by atoms with Gasteiger partial charge in [0.05, 0.1) is 7.11 Å². The molecule has 1 N–H and O–H groups in total. The molecule has 2 aromatic carbocycles. The third-order valence-corrected chi connectivity index (χ3v) is 6.56. The van der Waals surface area contributed by atoms with Gasteiger partial charge in [-0.3, -0.25) is 4.79 Å². The van der Waals surface area contributed by atoms with Crippen LogP contribution in [0.4, 0.5) is 0 Å². The van der Waals surface area contributed by atoms with Crippen molar-refractivity contribution in [2.75, 3.05) is 13.7 Å². The number of pyridine rings is 1. The molecule has 198 valence electrons. The van der Waals surface area contributed by atoms with E-state index in [0.717, 1.165) is 60.9 Å². The summed E-state index contributed by atoms with van der Waals surface area (Å²) in [5.41, 5.74) is 3.33. The van der Waals surface area contributed by atoms with Gasteiger partial charge in [-0.2, -0.15) is 0 Å². The average molecular weight is 515 g/mol. The molecule has 0 spiro atoms. The molecule has 2 heterocycles. The maximum atomic E-state index is 12.5. The van der Waals surface area contributed by atoms with E-state index in [1.807, 2.05) is 95.3 Å². The molecular formula is C31H36N3O4+. The molecule has 1 amide bonds. The summed E-state index contributed by atoms with van der Waals surface area (Å²) in [5, 5.41) is 3.95. The largest absolute Gasteiger partial charge is 0.489 e. The minimum absolute atomic E-state index is 0.0374. The van der Waals surface area contributed by atoms with Gasteiger partial charge in [-0.15, -0.1) is 0 Å². The number of esters is 1. The van der Waals surface area contributed by atoms with Crippen LogP contribution in [0.2, 0.25) is 0 Å². The smallest absolute Gasteiger partial charge is 0.354 e. The highest BCUT2D eigenvalue weighted by Crippen LogP contribution is 2.26. The lowest BCUT2D eigenvalue weighted by Crippen LogP contribution is -2.31. The monoisotopic (exact) mass is 514 g/mol. The third-order valence-electron chi connectivity index (χ3n) is 6.56. The zero-order valence-corrected chi connectivity index (χ0v) is 22.2. The summed E-state index contributed by atoms with van der Waals surface area (Å²) in [5.74, 6) is 0.392. The lowest BCUT2D eigenvalue weighted by Gasteiger charge is -2.11. The fraction of sp³-hybridized carbons (Fsp3) is 0.323. The Morgan fingerprint density at radius 2 is 1.71 bits per heavy atom. The SMILES string of the molecule is COC(=O)c1cc2cc(OCc3ccccc3)ccc2n1CCCCCCCNC(=O)c1ccc[n+](C)c1. The number of aryl methyl sites for hydroxylation is 2. The van der Waals surface area contributed by atoms with Crippen LogP contribution < -0.4 is 14.6 Å². The molecule has 7 heteroatoms. The molecule has 38 heavy (non-hydrogen) atoms. The number of nitrogens with zero attached hydrogens (tertiary/aromatic N) is 2. The predicted molar refractivity (Wildman–Crippen MR) is 147 cm³/mol. The van der Waals surface area contributed by atoms with Gasteiger partial charge in [0, 0.05) is 30.1 Å². The van der Waals surface area contributed by atoms with Crippen molar-refractivity contribution in [3.63, 3.8) is 0 Å². The number of fused-ring (bicyclic) bond motifs is 1. The Balaban J connectivity index is 1.25. The molecule has 0 aliphatic carbocycles. The highest BCUT2D eigenvalue weighted by atomic mass is 16.5. The van der Waals surface area contributed by atoms with E-state index in [9.17, 15) is 9.59 Å². The van der Waals surface area contributed by atoms with Crippen LogP contribution in [0.25, 0.3) is 10.9 Å². The van der Waals surface area contributed by atoms with Gasteiger partial charge in [0.1, 0.15) is 30.7 Å². The highest BCUT2D eigenvalue weighted by molar-refractivity contribution is 5.96. The van der Waals surface area contributed by atoms with Crippen molar-refractivity contribution < 1.29 is 23.6 Å². The molecule has 0 saturated carbocycles. The van der Waals surface area contributed by atoms with Gasteiger partial charge in [-0.1, -0.05) is 49.6 Å². The zero-order chi connectivity index (χ0) is 26.7. The van der Waals surface area contributed by atoms with E-state index in [1.54, 1.807) is 0 Å². The normalized spacial score (nSPS) is 10.9. The van der Waals surface area contributed by atoms with Gasteiger partial charge < -0.3 is 19.4 Å². The van der Waals surface area contributed by atoms with Gasteiger partial charge in [-0.25, -0.2) is 9.36 Å². The lowest BCUT2D eigenvalue weighted by molar-refractivity contribution is -0.671. The molecule has 0 saturated heterocycles. The molecule has 0 fully saturated rings. The number of nitrogens with one attached hydrogen (secondary N) is 1. The number of methoxy groups -OCH3 is 1. The van der Waals surface area contributed by atoms with Crippen molar-refractivity contribution in [3.8, 4) is 5.75 Å².